The zero-order valence-electron chi connectivity index (χ0n) is 5.46. The number of hydrogen-bond acceptors (Lipinski definition) is 2. The zero-order chi connectivity index (χ0) is 7.11. The first kappa shape index (κ1) is 8.43. The molecule has 0 aliphatic rings. The van der Waals surface area contributed by atoms with Crippen LogP contribution in [-0.4, -0.2) is 24.8 Å². The lowest BCUT2D eigenvalue weighted by atomic mass is 10.2. The Balaban J connectivity index is 2.83. The number of rotatable bonds is 5. The highest BCUT2D eigenvalue weighted by atomic mass is 16.5. The number of aliphatic carboxylic acids is 1. The van der Waals surface area contributed by atoms with E-state index in [4.69, 9.17) is 9.84 Å². The summed E-state index contributed by atoms with van der Waals surface area (Å²) in [5.41, 5.74) is 0. The van der Waals surface area contributed by atoms with E-state index in [9.17, 15) is 4.79 Å². The van der Waals surface area contributed by atoms with Crippen LogP contribution in [0.1, 0.15) is 12.8 Å². The first-order valence-electron chi connectivity index (χ1n) is 2.79. The van der Waals surface area contributed by atoms with Gasteiger partial charge in [0.25, 0.3) is 0 Å². The summed E-state index contributed by atoms with van der Waals surface area (Å²) < 4.78 is 4.70. The van der Waals surface area contributed by atoms with Crippen molar-refractivity contribution in [2.45, 2.75) is 12.8 Å². The van der Waals surface area contributed by atoms with Crippen molar-refractivity contribution in [3.05, 3.63) is 6.42 Å². The minimum absolute atomic E-state index is 0.128. The van der Waals surface area contributed by atoms with E-state index in [1.54, 1.807) is 13.5 Å². The third-order valence-electron chi connectivity index (χ3n) is 0.845. The van der Waals surface area contributed by atoms with E-state index in [2.05, 4.69) is 0 Å². The number of methoxy groups -OCH3 is 1. The lowest BCUT2D eigenvalue weighted by molar-refractivity contribution is -0.136. The second kappa shape index (κ2) is 5.56. The average Bonchev–Trinajstić information content (AvgIpc) is 1.80. The molecule has 0 saturated heterocycles. The summed E-state index contributed by atoms with van der Waals surface area (Å²) in [7, 11) is 1.59. The van der Waals surface area contributed by atoms with E-state index in [-0.39, 0.29) is 6.42 Å². The molecule has 0 aliphatic carbocycles. The van der Waals surface area contributed by atoms with Gasteiger partial charge in [0, 0.05) is 20.1 Å². The molecule has 0 heterocycles. The third-order valence-corrected chi connectivity index (χ3v) is 0.845. The number of unbranched alkanes of at least 4 members (excludes halogenated alkanes) is 1. The molecule has 0 amide bonds. The maximum Gasteiger partial charge on any atom is 0.303 e. The minimum Gasteiger partial charge on any atom is -0.481 e. The third kappa shape index (κ3) is 7.43. The normalized spacial score (nSPS) is 9.44. The number of hydrogen-bond donors (Lipinski definition) is 1. The summed E-state index contributed by atoms with van der Waals surface area (Å²) in [6.45, 7) is 0.604. The molecule has 3 nitrogen and oxygen atoms in total. The van der Waals surface area contributed by atoms with Crippen molar-refractivity contribution in [3.63, 3.8) is 0 Å². The van der Waals surface area contributed by atoms with Crippen LogP contribution in [0.5, 0.6) is 0 Å². The van der Waals surface area contributed by atoms with E-state index >= 15 is 0 Å². The summed E-state index contributed by atoms with van der Waals surface area (Å²) in [4.78, 5) is 9.89. The van der Waals surface area contributed by atoms with Gasteiger partial charge in [-0.25, -0.2) is 0 Å². The Bertz CT molecular complexity index is 80.4. The average molecular weight is 131 g/mol. The van der Waals surface area contributed by atoms with Gasteiger partial charge >= 0.3 is 5.97 Å². The SMILES string of the molecule is COCC[CH]CC(=O)O. The molecule has 0 aromatic heterocycles. The maximum absolute atomic E-state index is 9.89. The van der Waals surface area contributed by atoms with Crippen molar-refractivity contribution in [3.8, 4) is 0 Å². The fourth-order valence-electron chi connectivity index (χ4n) is 0.427. The Hall–Kier alpha value is -0.570. The van der Waals surface area contributed by atoms with Gasteiger partial charge in [-0.1, -0.05) is 0 Å². The van der Waals surface area contributed by atoms with Gasteiger partial charge in [0.2, 0.25) is 0 Å². The molecule has 0 rings (SSSR count). The molecule has 0 aliphatic heterocycles. The number of carbonyl (C=O) groups is 1. The molecular formula is C6H11O3. The summed E-state index contributed by atoms with van der Waals surface area (Å²) in [5.74, 6) is -0.786. The molecule has 3 heteroatoms. The molecule has 1 radical (unpaired) electrons. The largest absolute Gasteiger partial charge is 0.481 e. The molecule has 0 atom stereocenters. The smallest absolute Gasteiger partial charge is 0.303 e. The van der Waals surface area contributed by atoms with Crippen molar-refractivity contribution >= 4 is 5.97 Å². The molecule has 0 aromatic rings. The van der Waals surface area contributed by atoms with Crippen LogP contribution in [0.15, 0.2) is 0 Å². The molecule has 0 bridgehead atoms. The van der Waals surface area contributed by atoms with Crippen molar-refractivity contribution < 1.29 is 14.6 Å². The van der Waals surface area contributed by atoms with Crippen LogP contribution in [0.25, 0.3) is 0 Å². The first-order valence-corrected chi connectivity index (χ1v) is 2.79. The van der Waals surface area contributed by atoms with Crippen molar-refractivity contribution in [1.82, 2.24) is 0 Å². The van der Waals surface area contributed by atoms with Gasteiger partial charge in [-0.2, -0.15) is 0 Å². The van der Waals surface area contributed by atoms with Gasteiger partial charge in [0.1, 0.15) is 0 Å². The molecule has 0 aromatic carbocycles. The Morgan fingerprint density at radius 1 is 1.78 bits per heavy atom. The van der Waals surface area contributed by atoms with Gasteiger partial charge in [-0.15, -0.1) is 0 Å². The summed E-state index contributed by atoms with van der Waals surface area (Å²) in [5, 5.41) is 8.14. The Labute approximate surface area is 54.6 Å². The fourth-order valence-corrected chi connectivity index (χ4v) is 0.427. The highest BCUT2D eigenvalue weighted by Crippen LogP contribution is 1.92. The summed E-state index contributed by atoms with van der Waals surface area (Å²) in [6, 6.07) is 0. The number of ether oxygens (including phenoxy) is 1. The molecular weight excluding hydrogens is 120 g/mol. The Morgan fingerprint density at radius 3 is 2.89 bits per heavy atom. The molecule has 53 valence electrons. The summed E-state index contributed by atoms with van der Waals surface area (Å²) >= 11 is 0. The fraction of sp³-hybridized carbons (Fsp3) is 0.667. The van der Waals surface area contributed by atoms with E-state index in [0.29, 0.717) is 13.0 Å². The molecule has 0 spiro atoms. The number of carboxylic acid groups (broad SMARTS) is 1. The topological polar surface area (TPSA) is 46.5 Å². The van der Waals surface area contributed by atoms with Crippen LogP contribution in [0, 0.1) is 6.42 Å². The van der Waals surface area contributed by atoms with Crippen LogP contribution >= 0.6 is 0 Å². The van der Waals surface area contributed by atoms with Gasteiger partial charge in [-0.3, -0.25) is 4.79 Å². The molecule has 0 unspecified atom stereocenters. The van der Waals surface area contributed by atoms with E-state index in [1.165, 1.54) is 0 Å². The van der Waals surface area contributed by atoms with Crippen molar-refractivity contribution in [2.24, 2.45) is 0 Å². The van der Waals surface area contributed by atoms with Gasteiger partial charge in [-0.05, 0) is 12.8 Å². The quantitative estimate of drug-likeness (QED) is 0.559. The monoisotopic (exact) mass is 131 g/mol. The molecule has 0 saturated carbocycles. The van der Waals surface area contributed by atoms with Crippen LogP contribution in [0.4, 0.5) is 0 Å². The van der Waals surface area contributed by atoms with Gasteiger partial charge < -0.3 is 9.84 Å². The first-order chi connectivity index (χ1) is 4.27. The highest BCUT2D eigenvalue weighted by Gasteiger charge is 1.94. The van der Waals surface area contributed by atoms with Crippen LogP contribution < -0.4 is 0 Å². The van der Waals surface area contributed by atoms with Crippen LogP contribution in [-0.2, 0) is 9.53 Å². The predicted molar refractivity (Wildman–Crippen MR) is 33.0 cm³/mol. The summed E-state index contributed by atoms with van der Waals surface area (Å²) in [6.07, 6.45) is 2.53. The Kier molecular flexibility index (Phi) is 5.21. The Morgan fingerprint density at radius 2 is 2.44 bits per heavy atom. The van der Waals surface area contributed by atoms with Crippen LogP contribution in [0.3, 0.4) is 0 Å². The lowest BCUT2D eigenvalue weighted by Gasteiger charge is -1.94. The number of carboxylic acids is 1. The second-order valence-electron chi connectivity index (χ2n) is 1.67. The zero-order valence-corrected chi connectivity index (χ0v) is 5.46. The molecule has 0 fully saturated rings. The van der Waals surface area contributed by atoms with E-state index < -0.39 is 5.97 Å². The maximum atomic E-state index is 9.89. The van der Waals surface area contributed by atoms with Gasteiger partial charge in [0.15, 0.2) is 0 Å². The standard InChI is InChI=1S/C6H11O3/c1-9-5-3-2-4-6(7)8/h2H,3-5H2,1H3,(H,7,8). The molecule has 1 N–H and O–H groups in total. The predicted octanol–water partition coefficient (Wildman–Crippen LogP) is 0.702. The second-order valence-corrected chi connectivity index (χ2v) is 1.67. The van der Waals surface area contributed by atoms with Crippen LogP contribution in [0.2, 0.25) is 0 Å². The van der Waals surface area contributed by atoms with E-state index in [1.807, 2.05) is 0 Å². The highest BCUT2D eigenvalue weighted by molar-refractivity contribution is 5.67. The lowest BCUT2D eigenvalue weighted by Crippen LogP contribution is -1.96. The van der Waals surface area contributed by atoms with E-state index in [0.717, 1.165) is 0 Å². The van der Waals surface area contributed by atoms with Crippen molar-refractivity contribution in [2.75, 3.05) is 13.7 Å². The minimum atomic E-state index is -0.786. The van der Waals surface area contributed by atoms with Crippen molar-refractivity contribution in [1.29, 1.82) is 0 Å². The van der Waals surface area contributed by atoms with Gasteiger partial charge in [0.05, 0.1) is 0 Å². The molecule has 9 heavy (non-hydrogen) atoms.